The van der Waals surface area contributed by atoms with Crippen molar-refractivity contribution in [1.29, 1.82) is 0 Å². The average Bonchev–Trinajstić information content (AvgIpc) is 2.62. The van der Waals surface area contributed by atoms with E-state index in [1.54, 1.807) is 0 Å². The van der Waals surface area contributed by atoms with Gasteiger partial charge in [0.2, 0.25) is 0 Å². The molecule has 5 nitrogen and oxygen atoms in total. The molecule has 1 aromatic carbocycles. The quantitative estimate of drug-likeness (QED) is 0.373. The maximum atomic E-state index is 6.08. The molecule has 1 aliphatic rings. The summed E-state index contributed by atoms with van der Waals surface area (Å²) in [6, 6.07) is 9.91. The maximum absolute atomic E-state index is 6.08. The second-order valence-electron chi connectivity index (χ2n) is 8.07. The van der Waals surface area contributed by atoms with Crippen molar-refractivity contribution in [3.63, 3.8) is 0 Å². The van der Waals surface area contributed by atoms with Crippen molar-refractivity contribution in [2.24, 2.45) is 16.3 Å². The van der Waals surface area contributed by atoms with Crippen LogP contribution >= 0.6 is 24.0 Å². The van der Waals surface area contributed by atoms with E-state index in [9.17, 15) is 0 Å². The van der Waals surface area contributed by atoms with Gasteiger partial charge in [-0.05, 0) is 30.4 Å². The van der Waals surface area contributed by atoms with Crippen molar-refractivity contribution in [1.82, 2.24) is 10.2 Å². The third kappa shape index (κ3) is 7.86. The zero-order chi connectivity index (χ0) is 19.0. The highest BCUT2D eigenvalue weighted by Crippen LogP contribution is 2.33. The van der Waals surface area contributed by atoms with Gasteiger partial charge in [0.1, 0.15) is 12.4 Å². The van der Waals surface area contributed by atoms with Gasteiger partial charge < -0.3 is 19.7 Å². The van der Waals surface area contributed by atoms with E-state index in [1.807, 2.05) is 44.4 Å². The van der Waals surface area contributed by atoms with Crippen LogP contribution in [0.5, 0.6) is 5.75 Å². The first-order valence-corrected chi connectivity index (χ1v) is 9.63. The zero-order valence-corrected chi connectivity index (χ0v) is 19.7. The number of rotatable bonds is 6. The lowest BCUT2D eigenvalue weighted by Crippen LogP contribution is -2.48. The molecule has 1 aromatic rings. The van der Waals surface area contributed by atoms with Crippen molar-refractivity contribution < 1.29 is 9.47 Å². The number of nitrogens with one attached hydrogen (secondary N) is 1. The molecule has 0 amide bonds. The van der Waals surface area contributed by atoms with Crippen LogP contribution in [0.4, 0.5) is 0 Å². The van der Waals surface area contributed by atoms with Crippen molar-refractivity contribution in [2.45, 2.75) is 39.7 Å². The Bertz CT molecular complexity index is 560. The normalized spacial score (nSPS) is 20.6. The molecule has 0 radical (unpaired) electrons. The Labute approximate surface area is 181 Å². The Balaban J connectivity index is 0.00000364. The van der Waals surface area contributed by atoms with Crippen LogP contribution in [-0.2, 0) is 4.74 Å². The molecule has 2 unspecified atom stereocenters. The number of para-hydroxylation sites is 1. The number of nitrogens with zero attached hydrogens (tertiary/aromatic N) is 2. The van der Waals surface area contributed by atoms with E-state index in [1.165, 1.54) is 6.42 Å². The highest BCUT2D eigenvalue weighted by atomic mass is 127. The Morgan fingerprint density at radius 3 is 2.63 bits per heavy atom. The maximum Gasteiger partial charge on any atom is 0.193 e. The number of guanidine groups is 1. The van der Waals surface area contributed by atoms with Gasteiger partial charge >= 0.3 is 0 Å². The topological polar surface area (TPSA) is 46.1 Å². The molecule has 1 heterocycles. The Kier molecular flexibility index (Phi) is 10.4. The SMILES string of the molecule is CN=C(NCC1CCCOC1C(C)(C)C)N(C)CCOc1ccccc1.I. The van der Waals surface area contributed by atoms with Crippen molar-refractivity contribution >= 4 is 29.9 Å². The van der Waals surface area contributed by atoms with Crippen LogP contribution in [0.25, 0.3) is 0 Å². The van der Waals surface area contributed by atoms with Crippen molar-refractivity contribution in [3.05, 3.63) is 30.3 Å². The first-order valence-electron chi connectivity index (χ1n) is 9.63. The van der Waals surface area contributed by atoms with Gasteiger partial charge in [-0.1, -0.05) is 39.0 Å². The van der Waals surface area contributed by atoms with Crippen molar-refractivity contribution in [2.75, 3.05) is 40.4 Å². The second kappa shape index (κ2) is 11.7. The monoisotopic (exact) mass is 489 g/mol. The fourth-order valence-corrected chi connectivity index (χ4v) is 3.54. The van der Waals surface area contributed by atoms with E-state index in [0.717, 1.165) is 37.8 Å². The number of ether oxygens (including phenoxy) is 2. The molecule has 0 aromatic heterocycles. The van der Waals surface area contributed by atoms with E-state index in [2.05, 4.69) is 36.0 Å². The van der Waals surface area contributed by atoms with Gasteiger partial charge in [-0.2, -0.15) is 0 Å². The zero-order valence-electron chi connectivity index (χ0n) is 17.4. The van der Waals surface area contributed by atoms with Crippen LogP contribution < -0.4 is 10.1 Å². The van der Waals surface area contributed by atoms with E-state index in [-0.39, 0.29) is 35.5 Å². The van der Waals surface area contributed by atoms with Crippen LogP contribution in [0.2, 0.25) is 0 Å². The minimum atomic E-state index is 0. The van der Waals surface area contributed by atoms with Gasteiger partial charge in [-0.15, -0.1) is 24.0 Å². The van der Waals surface area contributed by atoms with Crippen LogP contribution in [0, 0.1) is 11.3 Å². The summed E-state index contributed by atoms with van der Waals surface area (Å²) in [4.78, 5) is 6.53. The lowest BCUT2D eigenvalue weighted by molar-refractivity contribution is -0.0836. The van der Waals surface area contributed by atoms with Gasteiger partial charge in [-0.25, -0.2) is 0 Å². The molecule has 154 valence electrons. The standard InChI is InChI=1S/C21H35N3O2.HI/c1-21(2,3)19-17(10-9-14-26-19)16-23-20(22-4)24(5)13-15-25-18-11-7-6-8-12-18;/h6-8,11-12,17,19H,9-10,13-16H2,1-5H3,(H,22,23);1H. The molecule has 0 bridgehead atoms. The fourth-order valence-electron chi connectivity index (χ4n) is 3.54. The van der Waals surface area contributed by atoms with E-state index in [4.69, 9.17) is 9.47 Å². The predicted molar refractivity (Wildman–Crippen MR) is 123 cm³/mol. The molecule has 0 aliphatic carbocycles. The summed E-state index contributed by atoms with van der Waals surface area (Å²) >= 11 is 0. The smallest absolute Gasteiger partial charge is 0.193 e. The van der Waals surface area contributed by atoms with Gasteiger partial charge in [-0.3, -0.25) is 4.99 Å². The number of halogens is 1. The molecule has 2 atom stereocenters. The minimum Gasteiger partial charge on any atom is -0.492 e. The summed E-state index contributed by atoms with van der Waals surface area (Å²) in [5.74, 6) is 2.31. The Morgan fingerprint density at radius 1 is 1.30 bits per heavy atom. The Hall–Kier alpha value is -1.02. The lowest BCUT2D eigenvalue weighted by Gasteiger charge is -2.40. The van der Waals surface area contributed by atoms with Gasteiger partial charge in [0.15, 0.2) is 5.96 Å². The summed E-state index contributed by atoms with van der Waals surface area (Å²) in [7, 11) is 3.87. The lowest BCUT2D eigenvalue weighted by atomic mass is 9.78. The molecule has 1 fully saturated rings. The highest BCUT2D eigenvalue weighted by molar-refractivity contribution is 14.0. The second-order valence-corrected chi connectivity index (χ2v) is 8.07. The summed E-state index contributed by atoms with van der Waals surface area (Å²) in [5, 5.41) is 3.53. The largest absolute Gasteiger partial charge is 0.492 e. The van der Waals surface area contributed by atoms with Crippen LogP contribution in [0.15, 0.2) is 35.3 Å². The molecule has 27 heavy (non-hydrogen) atoms. The number of hydrogen-bond acceptors (Lipinski definition) is 3. The summed E-state index contributed by atoms with van der Waals surface area (Å²) in [6.07, 6.45) is 2.62. The summed E-state index contributed by atoms with van der Waals surface area (Å²) < 4.78 is 11.9. The van der Waals surface area contributed by atoms with Crippen molar-refractivity contribution in [3.8, 4) is 5.75 Å². The van der Waals surface area contributed by atoms with Gasteiger partial charge in [0, 0.05) is 33.2 Å². The number of likely N-dealkylation sites (N-methyl/N-ethyl adjacent to an activating group) is 1. The first kappa shape index (κ1) is 24.0. The molecular weight excluding hydrogens is 453 g/mol. The van der Waals surface area contributed by atoms with Gasteiger partial charge in [0.25, 0.3) is 0 Å². The first-order chi connectivity index (χ1) is 12.4. The highest BCUT2D eigenvalue weighted by Gasteiger charge is 2.35. The Morgan fingerprint density at radius 2 is 2.00 bits per heavy atom. The molecule has 1 saturated heterocycles. The third-order valence-corrected chi connectivity index (χ3v) is 4.83. The van der Waals surface area contributed by atoms with E-state index in [0.29, 0.717) is 12.5 Å². The molecule has 0 saturated carbocycles. The minimum absolute atomic E-state index is 0. The van der Waals surface area contributed by atoms with Crippen LogP contribution in [-0.4, -0.2) is 57.4 Å². The fraction of sp³-hybridized carbons (Fsp3) is 0.667. The van der Waals surface area contributed by atoms with Gasteiger partial charge in [0.05, 0.1) is 12.6 Å². The third-order valence-electron chi connectivity index (χ3n) is 4.83. The number of aliphatic imine (C=N–C) groups is 1. The predicted octanol–water partition coefficient (Wildman–Crippen LogP) is 4.03. The molecule has 1 aliphatic heterocycles. The van der Waals surface area contributed by atoms with Crippen LogP contribution in [0.3, 0.4) is 0 Å². The number of hydrogen-bond donors (Lipinski definition) is 1. The van der Waals surface area contributed by atoms with E-state index < -0.39 is 0 Å². The molecule has 2 rings (SSSR count). The summed E-state index contributed by atoms with van der Waals surface area (Å²) in [5.41, 5.74) is 0.158. The van der Waals surface area contributed by atoms with Crippen LogP contribution in [0.1, 0.15) is 33.6 Å². The molecule has 6 heteroatoms. The molecule has 0 spiro atoms. The molecular formula is C21H36IN3O2. The molecule has 1 N–H and O–H groups in total. The summed E-state index contributed by atoms with van der Waals surface area (Å²) in [6.45, 7) is 9.95. The number of benzene rings is 1. The van der Waals surface area contributed by atoms with E-state index >= 15 is 0 Å². The average molecular weight is 489 g/mol.